The van der Waals surface area contributed by atoms with E-state index < -0.39 is 0 Å². The maximum absolute atomic E-state index is 11.1. The summed E-state index contributed by atoms with van der Waals surface area (Å²) < 4.78 is 4.68. The Bertz CT molecular complexity index is 154. The smallest absolute Gasteiger partial charge is 0.305 e. The molecule has 14 heavy (non-hydrogen) atoms. The van der Waals surface area contributed by atoms with Gasteiger partial charge >= 0.3 is 5.97 Å². The van der Waals surface area contributed by atoms with Crippen LogP contribution in [0.3, 0.4) is 0 Å². The molecular formula is C12H24O2. The van der Waals surface area contributed by atoms with E-state index in [2.05, 4.69) is 25.5 Å². The molecule has 0 heterocycles. The highest BCUT2D eigenvalue weighted by atomic mass is 16.5. The van der Waals surface area contributed by atoms with E-state index in [1.54, 1.807) is 0 Å². The van der Waals surface area contributed by atoms with Gasteiger partial charge in [-0.2, -0.15) is 0 Å². The summed E-state index contributed by atoms with van der Waals surface area (Å²) in [6, 6.07) is 0. The molecule has 2 nitrogen and oxygen atoms in total. The lowest BCUT2D eigenvalue weighted by molar-refractivity contribution is -0.141. The molecule has 0 radical (unpaired) electrons. The van der Waals surface area contributed by atoms with E-state index in [0.29, 0.717) is 12.3 Å². The van der Waals surface area contributed by atoms with E-state index in [4.69, 9.17) is 0 Å². The normalized spacial score (nSPS) is 14.9. The molecule has 84 valence electrons. The molecule has 0 aliphatic carbocycles. The van der Waals surface area contributed by atoms with Gasteiger partial charge in [0.05, 0.1) is 7.11 Å². The fraction of sp³-hybridized carbons (Fsp3) is 0.917. The predicted molar refractivity (Wildman–Crippen MR) is 59.1 cm³/mol. The average molecular weight is 200 g/mol. The number of ether oxygens (including phenoxy) is 1. The minimum atomic E-state index is -0.0685. The van der Waals surface area contributed by atoms with Crippen LogP contribution >= 0.6 is 0 Å². The second-order valence-corrected chi connectivity index (χ2v) is 4.15. The summed E-state index contributed by atoms with van der Waals surface area (Å²) in [5, 5.41) is 0. The predicted octanol–water partition coefficient (Wildman–Crippen LogP) is 3.40. The van der Waals surface area contributed by atoms with Gasteiger partial charge in [0.25, 0.3) is 0 Å². The number of rotatable bonds is 7. The Morgan fingerprint density at radius 1 is 1.21 bits per heavy atom. The van der Waals surface area contributed by atoms with E-state index in [1.807, 2.05) is 0 Å². The lowest BCUT2D eigenvalue weighted by atomic mass is 9.91. The van der Waals surface area contributed by atoms with Crippen molar-refractivity contribution in [2.24, 2.45) is 11.8 Å². The van der Waals surface area contributed by atoms with Gasteiger partial charge in [0, 0.05) is 6.42 Å². The topological polar surface area (TPSA) is 26.3 Å². The van der Waals surface area contributed by atoms with Crippen LogP contribution in [0.5, 0.6) is 0 Å². The SMILES string of the molecule is CCC(C)CCC(CC)CC(=O)OC. The second-order valence-electron chi connectivity index (χ2n) is 4.15. The fourth-order valence-electron chi connectivity index (χ4n) is 1.49. The third-order valence-corrected chi connectivity index (χ3v) is 3.03. The van der Waals surface area contributed by atoms with Gasteiger partial charge in [-0.1, -0.05) is 40.0 Å². The fourth-order valence-corrected chi connectivity index (χ4v) is 1.49. The highest BCUT2D eigenvalue weighted by Crippen LogP contribution is 2.20. The molecule has 0 spiro atoms. The Hall–Kier alpha value is -0.530. The summed E-state index contributed by atoms with van der Waals surface area (Å²) in [6.07, 6.45) is 5.27. The van der Waals surface area contributed by atoms with Crippen molar-refractivity contribution in [2.45, 2.75) is 52.9 Å². The number of hydrogen-bond acceptors (Lipinski definition) is 2. The Morgan fingerprint density at radius 2 is 1.86 bits per heavy atom. The Morgan fingerprint density at radius 3 is 2.29 bits per heavy atom. The first kappa shape index (κ1) is 13.5. The Kier molecular flexibility index (Phi) is 7.54. The molecule has 2 heteroatoms. The third-order valence-electron chi connectivity index (χ3n) is 3.03. The third kappa shape index (κ3) is 6.01. The summed E-state index contributed by atoms with van der Waals surface area (Å²) in [5.41, 5.74) is 0. The van der Waals surface area contributed by atoms with E-state index in [-0.39, 0.29) is 5.97 Å². The quantitative estimate of drug-likeness (QED) is 0.589. The molecule has 0 aromatic carbocycles. The van der Waals surface area contributed by atoms with Crippen LogP contribution in [0.25, 0.3) is 0 Å². The molecule has 0 N–H and O–H groups in total. The number of esters is 1. The van der Waals surface area contributed by atoms with Crippen molar-refractivity contribution in [1.29, 1.82) is 0 Å². The van der Waals surface area contributed by atoms with Crippen molar-refractivity contribution in [3.05, 3.63) is 0 Å². The molecular weight excluding hydrogens is 176 g/mol. The molecule has 2 atom stereocenters. The van der Waals surface area contributed by atoms with Crippen LogP contribution in [-0.2, 0) is 9.53 Å². The largest absolute Gasteiger partial charge is 0.469 e. The van der Waals surface area contributed by atoms with Gasteiger partial charge in [0.2, 0.25) is 0 Å². The van der Waals surface area contributed by atoms with Crippen molar-refractivity contribution in [3.63, 3.8) is 0 Å². The van der Waals surface area contributed by atoms with Gasteiger partial charge in [-0.25, -0.2) is 0 Å². The van der Waals surface area contributed by atoms with Crippen molar-refractivity contribution < 1.29 is 9.53 Å². The van der Waals surface area contributed by atoms with Gasteiger partial charge in [-0.3, -0.25) is 4.79 Å². The molecule has 0 aromatic heterocycles. The summed E-state index contributed by atoms with van der Waals surface area (Å²) >= 11 is 0. The van der Waals surface area contributed by atoms with E-state index >= 15 is 0 Å². The van der Waals surface area contributed by atoms with Crippen LogP contribution in [0.1, 0.15) is 52.9 Å². The molecule has 0 aliphatic heterocycles. The van der Waals surface area contributed by atoms with E-state index in [0.717, 1.165) is 18.8 Å². The lowest BCUT2D eigenvalue weighted by Crippen LogP contribution is -2.10. The van der Waals surface area contributed by atoms with Crippen LogP contribution in [0, 0.1) is 11.8 Å². The van der Waals surface area contributed by atoms with E-state index in [9.17, 15) is 4.79 Å². The van der Waals surface area contributed by atoms with E-state index in [1.165, 1.54) is 20.0 Å². The first-order valence-electron chi connectivity index (χ1n) is 5.70. The minimum absolute atomic E-state index is 0.0685. The summed E-state index contributed by atoms with van der Waals surface area (Å²) in [7, 11) is 1.46. The van der Waals surface area contributed by atoms with Crippen LogP contribution in [0.2, 0.25) is 0 Å². The first-order chi connectivity index (χ1) is 6.63. The Labute approximate surface area is 88.0 Å². The van der Waals surface area contributed by atoms with Crippen molar-refractivity contribution in [1.82, 2.24) is 0 Å². The zero-order valence-corrected chi connectivity index (χ0v) is 10.0. The average Bonchev–Trinajstić information content (AvgIpc) is 2.22. The zero-order chi connectivity index (χ0) is 11.0. The van der Waals surface area contributed by atoms with Crippen LogP contribution in [0.15, 0.2) is 0 Å². The number of hydrogen-bond donors (Lipinski definition) is 0. The maximum atomic E-state index is 11.1. The molecule has 0 rings (SSSR count). The van der Waals surface area contributed by atoms with Gasteiger partial charge in [0.1, 0.15) is 0 Å². The zero-order valence-electron chi connectivity index (χ0n) is 10.0. The van der Waals surface area contributed by atoms with Crippen LogP contribution in [0.4, 0.5) is 0 Å². The maximum Gasteiger partial charge on any atom is 0.305 e. The summed E-state index contributed by atoms with van der Waals surface area (Å²) in [6.45, 7) is 6.63. The molecule has 0 amide bonds. The first-order valence-corrected chi connectivity index (χ1v) is 5.70. The summed E-state index contributed by atoms with van der Waals surface area (Å²) in [4.78, 5) is 11.1. The summed E-state index contributed by atoms with van der Waals surface area (Å²) in [5.74, 6) is 1.22. The number of methoxy groups -OCH3 is 1. The van der Waals surface area contributed by atoms with Crippen LogP contribution in [-0.4, -0.2) is 13.1 Å². The standard InChI is InChI=1S/C12H24O2/c1-5-10(3)7-8-11(6-2)9-12(13)14-4/h10-11H,5-9H2,1-4H3. The molecule has 0 saturated heterocycles. The monoisotopic (exact) mass is 200 g/mol. The number of carbonyl (C=O) groups is 1. The van der Waals surface area contributed by atoms with Gasteiger partial charge in [-0.05, 0) is 18.3 Å². The van der Waals surface area contributed by atoms with Gasteiger partial charge in [-0.15, -0.1) is 0 Å². The van der Waals surface area contributed by atoms with Crippen LogP contribution < -0.4 is 0 Å². The van der Waals surface area contributed by atoms with Crippen molar-refractivity contribution in [2.75, 3.05) is 7.11 Å². The molecule has 0 fully saturated rings. The van der Waals surface area contributed by atoms with Gasteiger partial charge < -0.3 is 4.74 Å². The molecule has 0 bridgehead atoms. The highest BCUT2D eigenvalue weighted by molar-refractivity contribution is 5.69. The van der Waals surface area contributed by atoms with Crippen molar-refractivity contribution in [3.8, 4) is 0 Å². The minimum Gasteiger partial charge on any atom is -0.469 e. The lowest BCUT2D eigenvalue weighted by Gasteiger charge is -2.15. The Balaban J connectivity index is 3.73. The molecule has 0 saturated carbocycles. The van der Waals surface area contributed by atoms with Crippen molar-refractivity contribution >= 4 is 5.97 Å². The molecule has 0 aromatic rings. The number of carbonyl (C=O) groups excluding carboxylic acids is 1. The second kappa shape index (κ2) is 7.84. The highest BCUT2D eigenvalue weighted by Gasteiger charge is 2.13. The molecule has 2 unspecified atom stereocenters. The van der Waals surface area contributed by atoms with Gasteiger partial charge in [0.15, 0.2) is 0 Å². The molecule has 0 aliphatic rings.